The summed E-state index contributed by atoms with van der Waals surface area (Å²) < 4.78 is 1.15. The molecule has 0 atom stereocenters. The smallest absolute Gasteiger partial charge is 0.0494 e. The van der Waals surface area contributed by atoms with Crippen molar-refractivity contribution in [1.29, 1.82) is 0 Å². The summed E-state index contributed by atoms with van der Waals surface area (Å²) in [6.07, 6.45) is 0.956. The Labute approximate surface area is 137 Å². The van der Waals surface area contributed by atoms with Crippen LogP contribution in [0.3, 0.4) is 0 Å². The molecule has 1 aromatic heterocycles. The molecule has 1 nitrogen and oxygen atoms in total. The van der Waals surface area contributed by atoms with Gasteiger partial charge >= 0.3 is 0 Å². The van der Waals surface area contributed by atoms with Crippen LogP contribution >= 0.6 is 27.3 Å². The van der Waals surface area contributed by atoms with E-state index in [1.54, 1.807) is 11.3 Å². The molecule has 3 rings (SSSR count). The third-order valence-electron chi connectivity index (χ3n) is 3.33. The first-order valence-electron chi connectivity index (χ1n) is 6.90. The first kappa shape index (κ1) is 14.4. The summed E-state index contributed by atoms with van der Waals surface area (Å²) in [4.78, 5) is 1.33. The highest BCUT2D eigenvalue weighted by molar-refractivity contribution is 9.10. The molecule has 0 aliphatic heterocycles. The van der Waals surface area contributed by atoms with Crippen LogP contribution < -0.4 is 5.32 Å². The maximum atomic E-state index is 3.55. The zero-order chi connectivity index (χ0) is 14.5. The normalized spacial score (nSPS) is 10.5. The summed E-state index contributed by atoms with van der Waals surface area (Å²) in [6, 6.07) is 21.3. The molecule has 1 N–H and O–H groups in total. The van der Waals surface area contributed by atoms with Crippen molar-refractivity contribution in [2.75, 3.05) is 5.32 Å². The second-order valence-corrected chi connectivity index (χ2v) is 6.82. The van der Waals surface area contributed by atoms with Crippen molar-refractivity contribution in [2.24, 2.45) is 0 Å². The number of benzene rings is 2. The maximum absolute atomic E-state index is 3.55. The molecule has 0 radical (unpaired) electrons. The molecule has 106 valence electrons. The number of anilines is 1. The molecule has 0 aliphatic rings. The number of hydrogen-bond donors (Lipinski definition) is 1. The van der Waals surface area contributed by atoms with Gasteiger partial charge in [-0.15, -0.1) is 11.3 Å². The van der Waals surface area contributed by atoms with Gasteiger partial charge in [-0.1, -0.05) is 48.5 Å². The Morgan fingerprint density at radius 2 is 1.71 bits per heavy atom. The molecule has 0 saturated carbocycles. The molecule has 21 heavy (non-hydrogen) atoms. The third kappa shape index (κ3) is 3.96. The van der Waals surface area contributed by atoms with Crippen LogP contribution in [0.25, 0.3) is 0 Å². The van der Waals surface area contributed by atoms with Gasteiger partial charge in [0, 0.05) is 27.0 Å². The van der Waals surface area contributed by atoms with Gasteiger partial charge in [0.15, 0.2) is 0 Å². The number of hydrogen-bond acceptors (Lipinski definition) is 2. The van der Waals surface area contributed by atoms with Crippen LogP contribution in [0.15, 0.2) is 70.5 Å². The van der Waals surface area contributed by atoms with E-state index in [9.17, 15) is 0 Å². The fourth-order valence-electron chi connectivity index (χ4n) is 2.29. The summed E-state index contributed by atoms with van der Waals surface area (Å²) >= 11 is 5.27. The molecule has 0 amide bonds. The van der Waals surface area contributed by atoms with Crippen LogP contribution in [0.4, 0.5) is 5.69 Å². The van der Waals surface area contributed by atoms with Crippen molar-refractivity contribution < 1.29 is 0 Å². The van der Waals surface area contributed by atoms with E-state index in [0.29, 0.717) is 0 Å². The van der Waals surface area contributed by atoms with Crippen molar-refractivity contribution >= 4 is 33.0 Å². The molecule has 2 aromatic carbocycles. The van der Waals surface area contributed by atoms with Crippen LogP contribution in [-0.4, -0.2) is 0 Å². The Bertz CT molecular complexity index is 706. The van der Waals surface area contributed by atoms with Crippen molar-refractivity contribution in [2.45, 2.75) is 13.0 Å². The van der Waals surface area contributed by atoms with E-state index in [0.717, 1.165) is 17.4 Å². The minimum atomic E-state index is 0.863. The second-order valence-electron chi connectivity index (χ2n) is 4.90. The third-order valence-corrected chi connectivity index (χ3v) is 5.03. The number of rotatable bonds is 5. The molecular weight excluding hydrogens is 342 g/mol. The average Bonchev–Trinajstić information content (AvgIpc) is 2.93. The molecule has 3 aromatic rings. The van der Waals surface area contributed by atoms with Crippen molar-refractivity contribution in [3.8, 4) is 0 Å². The fourth-order valence-corrected chi connectivity index (χ4v) is 3.68. The SMILES string of the molecule is Brc1csc(CNc2ccccc2Cc2ccccc2)c1. The molecule has 3 heteroatoms. The van der Waals surface area contributed by atoms with Crippen LogP contribution in [0.2, 0.25) is 0 Å². The van der Waals surface area contributed by atoms with Gasteiger partial charge in [-0.3, -0.25) is 0 Å². The van der Waals surface area contributed by atoms with Gasteiger partial charge < -0.3 is 5.32 Å². The Morgan fingerprint density at radius 3 is 2.48 bits per heavy atom. The van der Waals surface area contributed by atoms with E-state index in [-0.39, 0.29) is 0 Å². The highest BCUT2D eigenvalue weighted by Gasteiger charge is 2.04. The first-order chi connectivity index (χ1) is 10.3. The number of thiophene rings is 1. The standard InChI is InChI=1S/C18H16BrNS/c19-16-11-17(21-13-16)12-20-18-9-5-4-8-15(18)10-14-6-2-1-3-7-14/h1-9,11,13,20H,10,12H2. The number of nitrogens with one attached hydrogen (secondary N) is 1. The van der Waals surface area contributed by atoms with Gasteiger partial charge in [-0.05, 0) is 45.6 Å². The Balaban J connectivity index is 1.73. The minimum Gasteiger partial charge on any atom is -0.380 e. The summed E-state index contributed by atoms with van der Waals surface area (Å²) in [5.41, 5.74) is 3.89. The number of halogens is 1. The second kappa shape index (κ2) is 6.92. The fraction of sp³-hybridized carbons (Fsp3) is 0.111. The van der Waals surface area contributed by atoms with Gasteiger partial charge in [0.05, 0.1) is 0 Å². The van der Waals surface area contributed by atoms with Crippen LogP contribution in [0.5, 0.6) is 0 Å². The lowest BCUT2D eigenvalue weighted by Crippen LogP contribution is -2.01. The summed E-state index contributed by atoms with van der Waals surface area (Å²) in [5.74, 6) is 0. The molecule has 0 saturated heterocycles. The summed E-state index contributed by atoms with van der Waals surface area (Å²) in [7, 11) is 0. The van der Waals surface area contributed by atoms with E-state index < -0.39 is 0 Å². The highest BCUT2D eigenvalue weighted by Crippen LogP contribution is 2.23. The number of para-hydroxylation sites is 1. The van der Waals surface area contributed by atoms with Crippen molar-refractivity contribution in [3.63, 3.8) is 0 Å². The predicted octanol–water partition coefficient (Wildman–Crippen LogP) is 5.71. The molecule has 0 bridgehead atoms. The Hall–Kier alpha value is -1.58. The van der Waals surface area contributed by atoms with Crippen LogP contribution in [-0.2, 0) is 13.0 Å². The lowest BCUT2D eigenvalue weighted by atomic mass is 10.0. The minimum absolute atomic E-state index is 0.863. The zero-order valence-corrected chi connectivity index (χ0v) is 14.0. The summed E-state index contributed by atoms with van der Waals surface area (Å²) in [6.45, 7) is 0.863. The van der Waals surface area contributed by atoms with Crippen molar-refractivity contribution in [1.82, 2.24) is 0 Å². The highest BCUT2D eigenvalue weighted by atomic mass is 79.9. The summed E-state index contributed by atoms with van der Waals surface area (Å²) in [5, 5.41) is 5.67. The van der Waals surface area contributed by atoms with Crippen molar-refractivity contribution in [3.05, 3.63) is 86.5 Å². The van der Waals surface area contributed by atoms with Gasteiger partial charge in [-0.25, -0.2) is 0 Å². The maximum Gasteiger partial charge on any atom is 0.0494 e. The molecule has 0 fully saturated rings. The molecular formula is C18H16BrNS. The van der Waals surface area contributed by atoms with Gasteiger partial charge in [-0.2, -0.15) is 0 Å². The van der Waals surface area contributed by atoms with E-state index in [4.69, 9.17) is 0 Å². The topological polar surface area (TPSA) is 12.0 Å². The van der Waals surface area contributed by atoms with Crippen LogP contribution in [0, 0.1) is 0 Å². The van der Waals surface area contributed by atoms with Crippen LogP contribution in [0.1, 0.15) is 16.0 Å². The van der Waals surface area contributed by atoms with E-state index in [2.05, 4.69) is 87.3 Å². The van der Waals surface area contributed by atoms with E-state index in [1.165, 1.54) is 21.7 Å². The van der Waals surface area contributed by atoms with Gasteiger partial charge in [0.2, 0.25) is 0 Å². The van der Waals surface area contributed by atoms with E-state index >= 15 is 0 Å². The zero-order valence-electron chi connectivity index (χ0n) is 11.6. The molecule has 1 heterocycles. The monoisotopic (exact) mass is 357 g/mol. The van der Waals surface area contributed by atoms with Gasteiger partial charge in [0.1, 0.15) is 0 Å². The van der Waals surface area contributed by atoms with Gasteiger partial charge in [0.25, 0.3) is 0 Å². The molecule has 0 aliphatic carbocycles. The quantitative estimate of drug-likeness (QED) is 0.616. The first-order valence-corrected chi connectivity index (χ1v) is 8.57. The molecule has 0 spiro atoms. The average molecular weight is 358 g/mol. The van der Waals surface area contributed by atoms with E-state index in [1.807, 2.05) is 0 Å². The Kier molecular flexibility index (Phi) is 4.73. The predicted molar refractivity (Wildman–Crippen MR) is 95.0 cm³/mol. The largest absolute Gasteiger partial charge is 0.380 e. The molecule has 0 unspecified atom stereocenters. The Morgan fingerprint density at radius 1 is 0.952 bits per heavy atom. The lowest BCUT2D eigenvalue weighted by Gasteiger charge is -2.11. The lowest BCUT2D eigenvalue weighted by molar-refractivity contribution is 1.13.